The molecule has 0 aliphatic carbocycles. The molecule has 0 aromatic rings. The monoisotopic (exact) mass is 199 g/mol. The summed E-state index contributed by atoms with van der Waals surface area (Å²) in [7, 11) is 0. The second-order valence-electron chi connectivity index (χ2n) is 3.13. The van der Waals surface area contributed by atoms with Crippen LogP contribution in [0.3, 0.4) is 0 Å². The molecule has 80 valence electrons. The molecule has 0 aromatic carbocycles. The summed E-state index contributed by atoms with van der Waals surface area (Å²) in [6.07, 6.45) is 8.84. The normalized spacial score (nSPS) is 16.9. The van der Waals surface area contributed by atoms with E-state index in [1.54, 1.807) is 0 Å². The molecule has 0 radical (unpaired) electrons. The molecule has 0 saturated heterocycles. The van der Waals surface area contributed by atoms with E-state index in [1.165, 1.54) is 18.2 Å². The predicted molar refractivity (Wildman–Crippen MR) is 56.1 cm³/mol. The number of aliphatic hydroxyl groups is 3. The zero-order valence-corrected chi connectivity index (χ0v) is 8.00. The molecule has 0 atom stereocenters. The fourth-order valence-corrected chi connectivity index (χ4v) is 1.11. The summed E-state index contributed by atoms with van der Waals surface area (Å²) in [5.41, 5.74) is 5.38. The van der Waals surface area contributed by atoms with Crippen LogP contribution in [0.1, 0.15) is 19.3 Å². The van der Waals surface area contributed by atoms with Crippen molar-refractivity contribution in [2.75, 3.05) is 0 Å². The van der Waals surface area contributed by atoms with Crippen molar-refractivity contribution in [3.63, 3.8) is 0 Å². The lowest BCUT2D eigenvalue weighted by atomic mass is 9.89. The molecule has 4 heteroatoms. The van der Waals surface area contributed by atoms with E-state index >= 15 is 0 Å². The maximum atomic E-state index is 8.51. The molecule has 5 N–H and O–H groups in total. The van der Waals surface area contributed by atoms with E-state index in [1.807, 2.05) is 0 Å². The molecule has 0 aliphatic rings. The van der Waals surface area contributed by atoms with Gasteiger partial charge >= 0.3 is 0 Å². The quantitative estimate of drug-likeness (QED) is 0.493. The zero-order valence-electron chi connectivity index (χ0n) is 8.00. The molecule has 0 heterocycles. The van der Waals surface area contributed by atoms with Crippen LogP contribution in [-0.2, 0) is 0 Å². The van der Waals surface area contributed by atoms with Gasteiger partial charge in [-0.1, -0.05) is 0 Å². The number of aliphatic hydroxyl groups excluding tert-OH is 3. The predicted octanol–water partition coefficient (Wildman–Crippen LogP) is 2.07. The van der Waals surface area contributed by atoms with Crippen molar-refractivity contribution in [3.8, 4) is 0 Å². The van der Waals surface area contributed by atoms with Crippen molar-refractivity contribution in [3.05, 3.63) is 37.0 Å². The number of nitrogens with two attached hydrogens (primary N) is 1. The molecule has 0 fully saturated rings. The van der Waals surface area contributed by atoms with Gasteiger partial charge in [0.2, 0.25) is 0 Å². The van der Waals surface area contributed by atoms with Gasteiger partial charge in [0.15, 0.2) is 0 Å². The first-order chi connectivity index (χ1) is 6.68. The number of hydrogen-bond donors (Lipinski definition) is 4. The highest BCUT2D eigenvalue weighted by Crippen LogP contribution is 2.18. The van der Waals surface area contributed by atoms with Gasteiger partial charge in [0.1, 0.15) is 0 Å². The summed E-state index contributed by atoms with van der Waals surface area (Å²) < 4.78 is 0. The lowest BCUT2D eigenvalue weighted by molar-refractivity contribution is 0.407. The average molecular weight is 199 g/mol. The Balaban J connectivity index is 4.30. The van der Waals surface area contributed by atoms with Crippen LogP contribution in [0.5, 0.6) is 0 Å². The summed E-state index contributed by atoms with van der Waals surface area (Å²) in [4.78, 5) is 0. The van der Waals surface area contributed by atoms with Crippen molar-refractivity contribution < 1.29 is 15.3 Å². The Bertz CT molecular complexity index is 185. The zero-order chi connectivity index (χ0) is 10.9. The molecular weight excluding hydrogens is 182 g/mol. The van der Waals surface area contributed by atoms with Gasteiger partial charge in [0, 0.05) is 5.54 Å². The summed E-state index contributed by atoms with van der Waals surface area (Å²) in [6, 6.07) is 0. The van der Waals surface area contributed by atoms with Gasteiger partial charge < -0.3 is 21.1 Å². The van der Waals surface area contributed by atoms with Crippen molar-refractivity contribution in [2.45, 2.75) is 24.8 Å². The van der Waals surface area contributed by atoms with Crippen LogP contribution in [0.25, 0.3) is 0 Å². The molecule has 0 rings (SSSR count). The Morgan fingerprint density at radius 3 is 1.29 bits per heavy atom. The van der Waals surface area contributed by atoms with Gasteiger partial charge in [0.05, 0.1) is 18.8 Å². The lowest BCUT2D eigenvalue weighted by Gasteiger charge is -2.25. The van der Waals surface area contributed by atoms with Crippen LogP contribution in [0, 0.1) is 0 Å². The topological polar surface area (TPSA) is 86.7 Å². The van der Waals surface area contributed by atoms with Crippen LogP contribution in [0.15, 0.2) is 37.0 Å². The van der Waals surface area contributed by atoms with Gasteiger partial charge in [-0.15, -0.1) is 0 Å². The molecule has 14 heavy (non-hydrogen) atoms. The molecular formula is C10H17NO3. The Labute approximate surface area is 83.7 Å². The SMILES string of the molecule is NC(CC=CO)(CC=CO)CC=CO. The minimum absolute atomic E-state index is 0.470. The van der Waals surface area contributed by atoms with Crippen LogP contribution in [0.4, 0.5) is 0 Å². The maximum Gasteiger partial charge on any atom is 0.0752 e. The van der Waals surface area contributed by atoms with Crippen molar-refractivity contribution in [1.29, 1.82) is 0 Å². The second-order valence-corrected chi connectivity index (χ2v) is 3.13. The van der Waals surface area contributed by atoms with Crippen LogP contribution in [-0.4, -0.2) is 20.9 Å². The highest BCUT2D eigenvalue weighted by Gasteiger charge is 2.20. The van der Waals surface area contributed by atoms with Gasteiger partial charge in [-0.2, -0.15) is 0 Å². The van der Waals surface area contributed by atoms with Crippen LogP contribution in [0.2, 0.25) is 0 Å². The second kappa shape index (κ2) is 7.03. The van der Waals surface area contributed by atoms with Gasteiger partial charge in [0.25, 0.3) is 0 Å². The van der Waals surface area contributed by atoms with Gasteiger partial charge in [-0.05, 0) is 37.5 Å². The third-order valence-electron chi connectivity index (χ3n) is 1.89. The standard InChI is InChI=1S/C10H17NO3/c11-10(4-1-7-12,5-2-8-13)6-3-9-14/h1-3,7-9,12-14H,4-6,11H2. The smallest absolute Gasteiger partial charge is 0.0752 e. The van der Waals surface area contributed by atoms with E-state index in [9.17, 15) is 0 Å². The van der Waals surface area contributed by atoms with Crippen molar-refractivity contribution in [2.24, 2.45) is 5.73 Å². The minimum atomic E-state index is -0.586. The number of hydrogen-bond acceptors (Lipinski definition) is 4. The van der Waals surface area contributed by atoms with Crippen molar-refractivity contribution in [1.82, 2.24) is 0 Å². The lowest BCUT2D eigenvalue weighted by Crippen LogP contribution is -2.38. The van der Waals surface area contributed by atoms with Crippen LogP contribution >= 0.6 is 0 Å². The highest BCUT2D eigenvalue weighted by molar-refractivity contribution is 5.01. The molecule has 4 nitrogen and oxygen atoms in total. The summed E-state index contributed by atoms with van der Waals surface area (Å²) >= 11 is 0. The molecule has 0 aliphatic heterocycles. The molecule has 0 bridgehead atoms. The highest BCUT2D eigenvalue weighted by atomic mass is 16.2. The third kappa shape index (κ3) is 5.27. The summed E-state index contributed by atoms with van der Waals surface area (Å²) in [5, 5.41) is 25.5. The Kier molecular flexibility index (Phi) is 6.32. The average Bonchev–Trinajstić information content (AvgIpc) is 2.21. The first-order valence-electron chi connectivity index (χ1n) is 4.35. The van der Waals surface area contributed by atoms with Crippen LogP contribution < -0.4 is 5.73 Å². The summed E-state index contributed by atoms with van der Waals surface area (Å²) in [5.74, 6) is 0. The van der Waals surface area contributed by atoms with E-state index in [0.717, 1.165) is 18.8 Å². The van der Waals surface area contributed by atoms with E-state index in [2.05, 4.69) is 0 Å². The fourth-order valence-electron chi connectivity index (χ4n) is 1.11. The molecule has 0 spiro atoms. The van der Waals surface area contributed by atoms with E-state index in [4.69, 9.17) is 21.1 Å². The Morgan fingerprint density at radius 1 is 0.786 bits per heavy atom. The third-order valence-corrected chi connectivity index (χ3v) is 1.89. The maximum absolute atomic E-state index is 8.51. The van der Waals surface area contributed by atoms with E-state index in [0.29, 0.717) is 19.3 Å². The number of rotatable bonds is 6. The first-order valence-corrected chi connectivity index (χ1v) is 4.35. The molecule has 0 aromatic heterocycles. The Morgan fingerprint density at radius 2 is 1.07 bits per heavy atom. The Hall–Kier alpha value is -1.42. The molecule has 0 unspecified atom stereocenters. The first kappa shape index (κ1) is 12.6. The minimum Gasteiger partial charge on any atom is -0.516 e. The molecule has 0 amide bonds. The van der Waals surface area contributed by atoms with E-state index < -0.39 is 5.54 Å². The fraction of sp³-hybridized carbons (Fsp3) is 0.400. The van der Waals surface area contributed by atoms with Gasteiger partial charge in [-0.3, -0.25) is 0 Å². The van der Waals surface area contributed by atoms with Gasteiger partial charge in [-0.25, -0.2) is 0 Å². The van der Waals surface area contributed by atoms with E-state index in [-0.39, 0.29) is 0 Å². The van der Waals surface area contributed by atoms with Crippen molar-refractivity contribution >= 4 is 0 Å². The summed E-state index contributed by atoms with van der Waals surface area (Å²) in [6.45, 7) is 0. The molecule has 0 saturated carbocycles. The largest absolute Gasteiger partial charge is 0.516 e.